The Labute approximate surface area is 111 Å². The minimum atomic E-state index is -3.09. The van der Waals surface area contributed by atoms with Gasteiger partial charge in [0.05, 0.1) is 11.4 Å². The largest absolute Gasteiger partial charge is 0.307 e. The van der Waals surface area contributed by atoms with Gasteiger partial charge in [-0.25, -0.2) is 13.4 Å². The van der Waals surface area contributed by atoms with Gasteiger partial charge in [0.2, 0.25) is 0 Å². The Morgan fingerprint density at radius 3 is 2.95 bits per heavy atom. The summed E-state index contributed by atoms with van der Waals surface area (Å²) in [5.74, 6) is 0.241. The van der Waals surface area contributed by atoms with Crippen LogP contribution in [-0.2, 0) is 9.84 Å². The molecule has 5 nitrogen and oxygen atoms in total. The van der Waals surface area contributed by atoms with E-state index in [0.29, 0.717) is 23.3 Å². The summed E-state index contributed by atoms with van der Waals surface area (Å²) in [6.45, 7) is 0. The van der Waals surface area contributed by atoms with Crippen molar-refractivity contribution >= 4 is 21.8 Å². The van der Waals surface area contributed by atoms with Crippen LogP contribution in [0.1, 0.15) is 40.6 Å². The maximum atomic E-state index is 12.1. The number of imidazole rings is 1. The van der Waals surface area contributed by atoms with Crippen molar-refractivity contribution in [3.63, 3.8) is 0 Å². The number of aldehydes is 1. The van der Waals surface area contributed by atoms with Gasteiger partial charge in [-0.1, -0.05) is 6.42 Å². The number of carbonyl (C=O) groups excluding carboxylic acids is 1. The summed E-state index contributed by atoms with van der Waals surface area (Å²) in [5, 5.41) is -0.499. The Morgan fingerprint density at radius 1 is 1.37 bits per heavy atom. The summed E-state index contributed by atoms with van der Waals surface area (Å²) in [4.78, 5) is 15.1. The Bertz CT molecular complexity index is 733. The van der Waals surface area contributed by atoms with E-state index in [0.717, 1.165) is 19.1 Å². The van der Waals surface area contributed by atoms with E-state index in [1.807, 2.05) is 0 Å². The number of rotatable bonds is 2. The van der Waals surface area contributed by atoms with E-state index >= 15 is 0 Å². The maximum absolute atomic E-state index is 12.1. The van der Waals surface area contributed by atoms with Gasteiger partial charge in [0.25, 0.3) is 0 Å². The number of aromatic nitrogens is 2. The van der Waals surface area contributed by atoms with Crippen LogP contribution < -0.4 is 0 Å². The molecule has 0 radical (unpaired) electrons. The lowest BCUT2D eigenvalue weighted by Gasteiger charge is -2.20. The van der Waals surface area contributed by atoms with E-state index in [4.69, 9.17) is 0 Å². The molecule has 2 aromatic heterocycles. The zero-order valence-electron chi connectivity index (χ0n) is 10.3. The molecule has 2 aromatic rings. The van der Waals surface area contributed by atoms with Crippen LogP contribution in [0.2, 0.25) is 0 Å². The van der Waals surface area contributed by atoms with Crippen LogP contribution in [0, 0.1) is 0 Å². The minimum absolute atomic E-state index is 0.241. The Balaban J connectivity index is 2.07. The third-order valence-corrected chi connectivity index (χ3v) is 5.75. The Kier molecular flexibility index (Phi) is 2.89. The van der Waals surface area contributed by atoms with Gasteiger partial charge >= 0.3 is 0 Å². The lowest BCUT2D eigenvalue weighted by Crippen LogP contribution is -2.21. The monoisotopic (exact) mass is 278 g/mol. The topological polar surface area (TPSA) is 68.5 Å². The number of nitrogens with zero attached hydrogens (tertiary/aromatic N) is 2. The second-order valence-electron chi connectivity index (χ2n) is 4.86. The summed E-state index contributed by atoms with van der Waals surface area (Å²) in [6.07, 6.45) is 6.51. The van der Waals surface area contributed by atoms with Gasteiger partial charge in [0.15, 0.2) is 9.84 Å². The third-order valence-electron chi connectivity index (χ3n) is 3.55. The highest BCUT2D eigenvalue weighted by Gasteiger charge is 2.32. The van der Waals surface area contributed by atoms with Crippen molar-refractivity contribution in [3.05, 3.63) is 35.8 Å². The van der Waals surface area contributed by atoms with Crippen LogP contribution in [0.5, 0.6) is 0 Å². The lowest BCUT2D eigenvalue weighted by molar-refractivity contribution is 0.112. The van der Waals surface area contributed by atoms with E-state index in [9.17, 15) is 13.2 Å². The fourth-order valence-electron chi connectivity index (χ4n) is 2.53. The zero-order valence-corrected chi connectivity index (χ0v) is 11.1. The van der Waals surface area contributed by atoms with Gasteiger partial charge in [-0.05, 0) is 25.0 Å². The molecule has 1 fully saturated rings. The molecule has 3 heterocycles. The fraction of sp³-hybridized carbons (Fsp3) is 0.385. The predicted molar refractivity (Wildman–Crippen MR) is 71.0 cm³/mol. The van der Waals surface area contributed by atoms with Crippen LogP contribution in [0.4, 0.5) is 0 Å². The SMILES string of the molecule is O=Cc1ccn2cc(C3CCCCS3(=O)=O)nc2c1. The van der Waals surface area contributed by atoms with E-state index in [1.165, 1.54) is 0 Å². The van der Waals surface area contributed by atoms with Crippen molar-refractivity contribution in [2.75, 3.05) is 5.75 Å². The minimum Gasteiger partial charge on any atom is -0.307 e. The highest BCUT2D eigenvalue weighted by molar-refractivity contribution is 7.91. The Hall–Kier alpha value is -1.69. The molecule has 0 N–H and O–H groups in total. The highest BCUT2D eigenvalue weighted by atomic mass is 32.2. The van der Waals surface area contributed by atoms with Gasteiger partial charge in [-0.2, -0.15) is 0 Å². The van der Waals surface area contributed by atoms with Gasteiger partial charge in [0.1, 0.15) is 17.2 Å². The molecule has 1 saturated heterocycles. The maximum Gasteiger partial charge on any atom is 0.158 e. The molecule has 3 rings (SSSR count). The van der Waals surface area contributed by atoms with E-state index in [-0.39, 0.29) is 5.75 Å². The number of fused-ring (bicyclic) bond motifs is 1. The van der Waals surface area contributed by atoms with Gasteiger partial charge in [-0.15, -0.1) is 0 Å². The molecule has 0 bridgehead atoms. The van der Waals surface area contributed by atoms with Gasteiger partial charge in [0, 0.05) is 18.0 Å². The molecule has 0 amide bonds. The number of hydrogen-bond donors (Lipinski definition) is 0. The van der Waals surface area contributed by atoms with Crippen LogP contribution >= 0.6 is 0 Å². The first-order valence-electron chi connectivity index (χ1n) is 6.25. The van der Waals surface area contributed by atoms with Crippen LogP contribution in [0.3, 0.4) is 0 Å². The third kappa shape index (κ3) is 2.16. The van der Waals surface area contributed by atoms with E-state index in [1.54, 1.807) is 28.9 Å². The summed E-state index contributed by atoms with van der Waals surface area (Å²) in [6, 6.07) is 3.34. The summed E-state index contributed by atoms with van der Waals surface area (Å²) >= 11 is 0. The molecular formula is C13H14N2O3S. The van der Waals surface area contributed by atoms with E-state index < -0.39 is 15.1 Å². The van der Waals surface area contributed by atoms with Crippen LogP contribution in [-0.4, -0.2) is 29.8 Å². The van der Waals surface area contributed by atoms with Crippen molar-refractivity contribution in [1.82, 2.24) is 9.38 Å². The van der Waals surface area contributed by atoms with Crippen LogP contribution in [0.15, 0.2) is 24.5 Å². The standard InChI is InChI=1S/C13H14N2O3S/c16-9-10-4-5-15-8-11(14-13(15)7-10)12-3-1-2-6-19(12,17)18/h4-5,7-9,12H,1-3,6H2. The Morgan fingerprint density at radius 2 is 2.21 bits per heavy atom. The first kappa shape index (κ1) is 12.3. The molecule has 19 heavy (non-hydrogen) atoms. The van der Waals surface area contributed by atoms with Crippen molar-refractivity contribution in [1.29, 1.82) is 0 Å². The zero-order chi connectivity index (χ0) is 13.5. The number of carbonyl (C=O) groups is 1. The van der Waals surface area contributed by atoms with Crippen molar-refractivity contribution in [2.24, 2.45) is 0 Å². The number of hydrogen-bond acceptors (Lipinski definition) is 4. The number of sulfone groups is 1. The quantitative estimate of drug-likeness (QED) is 0.785. The van der Waals surface area contributed by atoms with Gasteiger partial charge < -0.3 is 4.40 Å². The first-order valence-corrected chi connectivity index (χ1v) is 7.97. The molecule has 100 valence electrons. The molecule has 1 aliphatic rings. The van der Waals surface area contributed by atoms with Crippen molar-refractivity contribution in [2.45, 2.75) is 24.5 Å². The second kappa shape index (κ2) is 4.45. The molecular weight excluding hydrogens is 264 g/mol. The summed E-state index contributed by atoms with van der Waals surface area (Å²) < 4.78 is 25.9. The average molecular weight is 278 g/mol. The molecule has 0 aliphatic carbocycles. The summed E-state index contributed by atoms with van der Waals surface area (Å²) in [7, 11) is -3.09. The smallest absolute Gasteiger partial charge is 0.158 e. The van der Waals surface area contributed by atoms with Crippen molar-refractivity contribution in [3.8, 4) is 0 Å². The molecule has 0 spiro atoms. The summed E-state index contributed by atoms with van der Waals surface area (Å²) in [5.41, 5.74) is 1.74. The van der Waals surface area contributed by atoms with Crippen LogP contribution in [0.25, 0.3) is 5.65 Å². The molecule has 1 unspecified atom stereocenters. The predicted octanol–water partition coefficient (Wildman–Crippen LogP) is 1.79. The van der Waals surface area contributed by atoms with E-state index in [2.05, 4.69) is 4.98 Å². The van der Waals surface area contributed by atoms with Crippen molar-refractivity contribution < 1.29 is 13.2 Å². The van der Waals surface area contributed by atoms with Gasteiger partial charge in [-0.3, -0.25) is 4.79 Å². The molecule has 0 saturated carbocycles. The highest BCUT2D eigenvalue weighted by Crippen LogP contribution is 2.32. The number of pyridine rings is 1. The fourth-order valence-corrected chi connectivity index (χ4v) is 4.43. The molecule has 0 aromatic carbocycles. The average Bonchev–Trinajstić information content (AvgIpc) is 2.80. The molecule has 1 atom stereocenters. The molecule has 1 aliphatic heterocycles. The normalized spacial score (nSPS) is 22.4. The lowest BCUT2D eigenvalue weighted by atomic mass is 10.1. The molecule has 6 heteroatoms. The second-order valence-corrected chi connectivity index (χ2v) is 7.16. The first-order chi connectivity index (χ1) is 9.10.